The molecule has 0 saturated carbocycles. The summed E-state index contributed by atoms with van der Waals surface area (Å²) in [7, 11) is 0. The molecule has 126 valence electrons. The topological polar surface area (TPSA) is 80.4 Å². The molecule has 5 nitrogen and oxygen atoms in total. The highest BCUT2D eigenvalue weighted by atomic mass is 35.5. The lowest BCUT2D eigenvalue weighted by Crippen LogP contribution is -1.99. The third-order valence-electron chi connectivity index (χ3n) is 3.48. The summed E-state index contributed by atoms with van der Waals surface area (Å²) < 4.78 is 0. The highest BCUT2D eigenvalue weighted by Crippen LogP contribution is 2.26. The van der Waals surface area contributed by atoms with Gasteiger partial charge in [-0.15, -0.1) is 11.3 Å². The molecule has 0 aliphatic heterocycles. The van der Waals surface area contributed by atoms with E-state index in [-0.39, 0.29) is 5.78 Å². The minimum Gasteiger partial charge on any atom is -0.398 e. The quantitative estimate of drug-likeness (QED) is 0.295. The van der Waals surface area contributed by atoms with Crippen LogP contribution < -0.4 is 11.2 Å². The molecule has 0 saturated heterocycles. The third-order valence-corrected chi connectivity index (χ3v) is 4.46. The van der Waals surface area contributed by atoms with Gasteiger partial charge in [0.25, 0.3) is 0 Å². The first kappa shape index (κ1) is 17.1. The number of thiazole rings is 1. The number of anilines is 2. The van der Waals surface area contributed by atoms with E-state index in [1.807, 2.05) is 29.6 Å². The van der Waals surface area contributed by atoms with Crippen LogP contribution in [0.25, 0.3) is 11.3 Å². The Hall–Kier alpha value is -2.70. The van der Waals surface area contributed by atoms with Gasteiger partial charge in [0.15, 0.2) is 5.78 Å². The second-order valence-corrected chi connectivity index (χ2v) is 6.61. The molecule has 0 amide bonds. The predicted octanol–water partition coefficient (Wildman–Crippen LogP) is 4.69. The number of nitrogen functional groups attached to an aromatic ring is 1. The molecule has 0 spiro atoms. The number of halogens is 1. The fourth-order valence-electron chi connectivity index (χ4n) is 2.17. The minimum atomic E-state index is -0.0235. The van der Waals surface area contributed by atoms with Crippen molar-refractivity contribution in [2.45, 2.75) is 6.92 Å². The smallest absolute Gasteiger partial charge is 0.203 e. The molecule has 3 N–H and O–H groups in total. The predicted molar refractivity (Wildman–Crippen MR) is 105 cm³/mol. The number of hydrazone groups is 1. The van der Waals surface area contributed by atoms with Gasteiger partial charge in [0.2, 0.25) is 5.13 Å². The normalized spacial score (nSPS) is 11.0. The molecule has 0 fully saturated rings. The van der Waals surface area contributed by atoms with Crippen molar-refractivity contribution in [3.63, 3.8) is 0 Å². The lowest BCUT2D eigenvalue weighted by atomic mass is 10.1. The molecule has 7 heteroatoms. The lowest BCUT2D eigenvalue weighted by Gasteiger charge is -2.02. The van der Waals surface area contributed by atoms with Gasteiger partial charge in [0, 0.05) is 32.8 Å². The van der Waals surface area contributed by atoms with E-state index in [4.69, 9.17) is 17.3 Å². The summed E-state index contributed by atoms with van der Waals surface area (Å²) in [6.45, 7) is 1.50. The van der Waals surface area contributed by atoms with Crippen molar-refractivity contribution in [1.82, 2.24) is 4.98 Å². The number of hydrogen-bond acceptors (Lipinski definition) is 6. The summed E-state index contributed by atoms with van der Waals surface area (Å²) in [6.07, 6.45) is 1.60. The highest BCUT2D eigenvalue weighted by Gasteiger charge is 2.05. The zero-order valence-corrected chi connectivity index (χ0v) is 14.9. The van der Waals surface area contributed by atoms with Gasteiger partial charge in [-0.25, -0.2) is 4.98 Å². The number of benzene rings is 2. The Bertz CT molecular complexity index is 952. The molecule has 0 atom stereocenters. The van der Waals surface area contributed by atoms with Gasteiger partial charge in [-0.05, 0) is 25.1 Å². The number of aromatic nitrogens is 1. The van der Waals surface area contributed by atoms with Crippen LogP contribution in [-0.2, 0) is 0 Å². The van der Waals surface area contributed by atoms with E-state index in [1.165, 1.54) is 18.3 Å². The van der Waals surface area contributed by atoms with Crippen LogP contribution in [0, 0.1) is 0 Å². The molecule has 0 bridgehead atoms. The van der Waals surface area contributed by atoms with Gasteiger partial charge < -0.3 is 5.73 Å². The fraction of sp³-hybridized carbons (Fsp3) is 0.0556. The minimum absolute atomic E-state index is 0.0235. The maximum Gasteiger partial charge on any atom is 0.203 e. The van der Waals surface area contributed by atoms with Crippen molar-refractivity contribution in [1.29, 1.82) is 0 Å². The Labute approximate surface area is 154 Å². The summed E-state index contributed by atoms with van der Waals surface area (Å²) in [5, 5.41) is 7.41. The molecular weight excluding hydrogens is 356 g/mol. The number of carbonyl (C=O) groups excluding carboxylic acids is 1. The number of nitrogens with two attached hydrogens (primary N) is 1. The Morgan fingerprint density at radius 3 is 2.88 bits per heavy atom. The zero-order valence-electron chi connectivity index (χ0n) is 13.4. The Morgan fingerprint density at radius 2 is 2.16 bits per heavy atom. The molecule has 3 rings (SSSR count). The average Bonchev–Trinajstić information content (AvgIpc) is 3.05. The SMILES string of the molecule is CC(=O)c1ccc(C=NNc2nc(-c3cccc(Cl)c3)cs2)c(N)c1. The fourth-order valence-corrected chi connectivity index (χ4v) is 3.03. The summed E-state index contributed by atoms with van der Waals surface area (Å²) in [5.41, 5.74) is 12.4. The molecule has 0 aliphatic rings. The standard InChI is InChI=1S/C18H15ClN4OS/c1-11(24)12-5-6-14(16(20)8-12)9-21-23-18-22-17(10-25-18)13-3-2-4-15(19)7-13/h2-10H,20H2,1H3,(H,22,23). The van der Waals surface area contributed by atoms with E-state index in [1.54, 1.807) is 24.4 Å². The van der Waals surface area contributed by atoms with E-state index in [2.05, 4.69) is 15.5 Å². The number of carbonyl (C=O) groups is 1. The van der Waals surface area contributed by atoms with E-state index >= 15 is 0 Å². The summed E-state index contributed by atoms with van der Waals surface area (Å²) in [5.74, 6) is -0.0235. The van der Waals surface area contributed by atoms with Gasteiger partial charge in [-0.3, -0.25) is 10.2 Å². The first-order valence-electron chi connectivity index (χ1n) is 7.44. The van der Waals surface area contributed by atoms with Crippen LogP contribution in [0.5, 0.6) is 0 Å². The van der Waals surface area contributed by atoms with Crippen molar-refractivity contribution in [3.05, 3.63) is 64.0 Å². The third kappa shape index (κ3) is 4.23. The molecule has 25 heavy (non-hydrogen) atoms. The molecule has 0 unspecified atom stereocenters. The highest BCUT2D eigenvalue weighted by molar-refractivity contribution is 7.14. The Kier molecular flexibility index (Phi) is 5.11. The molecule has 3 aromatic rings. The molecular formula is C18H15ClN4OS. The Morgan fingerprint density at radius 1 is 1.32 bits per heavy atom. The van der Waals surface area contributed by atoms with Crippen LogP contribution in [0.15, 0.2) is 52.9 Å². The van der Waals surface area contributed by atoms with Crippen molar-refractivity contribution >= 4 is 45.8 Å². The maximum atomic E-state index is 11.3. The van der Waals surface area contributed by atoms with E-state index in [0.29, 0.717) is 21.4 Å². The molecule has 2 aromatic carbocycles. The lowest BCUT2D eigenvalue weighted by molar-refractivity contribution is 0.101. The number of nitrogens with one attached hydrogen (secondary N) is 1. The summed E-state index contributed by atoms with van der Waals surface area (Å²) in [4.78, 5) is 15.8. The van der Waals surface area contributed by atoms with Crippen LogP contribution in [0.3, 0.4) is 0 Å². The number of hydrogen-bond donors (Lipinski definition) is 2. The van der Waals surface area contributed by atoms with Crippen molar-refractivity contribution in [3.8, 4) is 11.3 Å². The van der Waals surface area contributed by atoms with Crippen LogP contribution in [0.2, 0.25) is 5.02 Å². The maximum absolute atomic E-state index is 11.3. The molecule has 0 radical (unpaired) electrons. The monoisotopic (exact) mass is 370 g/mol. The van der Waals surface area contributed by atoms with E-state index in [9.17, 15) is 4.79 Å². The van der Waals surface area contributed by atoms with Gasteiger partial charge >= 0.3 is 0 Å². The van der Waals surface area contributed by atoms with E-state index < -0.39 is 0 Å². The molecule has 0 aliphatic carbocycles. The van der Waals surface area contributed by atoms with Crippen LogP contribution in [-0.4, -0.2) is 17.0 Å². The second kappa shape index (κ2) is 7.46. The van der Waals surface area contributed by atoms with Gasteiger partial charge in [0.05, 0.1) is 11.9 Å². The van der Waals surface area contributed by atoms with Crippen molar-refractivity contribution in [2.75, 3.05) is 11.2 Å². The van der Waals surface area contributed by atoms with Gasteiger partial charge in [0.1, 0.15) is 0 Å². The zero-order chi connectivity index (χ0) is 17.8. The van der Waals surface area contributed by atoms with Crippen LogP contribution in [0.4, 0.5) is 10.8 Å². The largest absolute Gasteiger partial charge is 0.398 e. The number of ketones is 1. The summed E-state index contributed by atoms with van der Waals surface area (Å²) >= 11 is 7.44. The second-order valence-electron chi connectivity index (χ2n) is 5.32. The van der Waals surface area contributed by atoms with Crippen molar-refractivity contribution in [2.24, 2.45) is 5.10 Å². The number of Topliss-reactive ketones (excluding diaryl/α,β-unsaturated/α-hetero) is 1. The van der Waals surface area contributed by atoms with Crippen LogP contribution >= 0.6 is 22.9 Å². The number of rotatable bonds is 5. The average molecular weight is 371 g/mol. The van der Waals surface area contributed by atoms with Crippen molar-refractivity contribution < 1.29 is 4.79 Å². The van der Waals surface area contributed by atoms with Gasteiger partial charge in [-0.2, -0.15) is 5.10 Å². The Balaban J connectivity index is 1.70. The molecule has 1 heterocycles. The van der Waals surface area contributed by atoms with Gasteiger partial charge in [-0.1, -0.05) is 35.9 Å². The van der Waals surface area contributed by atoms with Crippen LogP contribution in [0.1, 0.15) is 22.8 Å². The number of nitrogens with zero attached hydrogens (tertiary/aromatic N) is 2. The first-order valence-corrected chi connectivity index (χ1v) is 8.69. The molecule has 1 aromatic heterocycles. The first-order chi connectivity index (χ1) is 12.0. The van der Waals surface area contributed by atoms with E-state index in [0.717, 1.165) is 16.8 Å². The summed E-state index contributed by atoms with van der Waals surface area (Å²) in [6, 6.07) is 12.6.